The Bertz CT molecular complexity index is 549. The van der Waals surface area contributed by atoms with Gasteiger partial charge in [0.1, 0.15) is 6.10 Å². The molecule has 6 atom stereocenters. The molecule has 0 bridgehead atoms. The standard InChI is InChI=1S/C21H31NO2/c1-14-6-9-20-19(18(14)5-4-12-22)8-7-16-13-17(24-15(2)23)10-11-21(16,20)3/h16-20H,1,4-11,13H2,2-3H3/t16-,17+,18+,19-,20-,21-/m0/s1. The number of ether oxygens (including phenoxy) is 1. The van der Waals surface area contributed by atoms with Gasteiger partial charge in [-0.25, -0.2) is 0 Å². The molecule has 0 aromatic rings. The van der Waals surface area contributed by atoms with Gasteiger partial charge in [-0.3, -0.25) is 4.79 Å². The van der Waals surface area contributed by atoms with E-state index in [1.54, 1.807) is 0 Å². The molecule has 0 unspecified atom stereocenters. The van der Waals surface area contributed by atoms with Crippen molar-refractivity contribution in [2.75, 3.05) is 0 Å². The quantitative estimate of drug-likeness (QED) is 0.539. The Morgan fingerprint density at radius 1 is 1.38 bits per heavy atom. The monoisotopic (exact) mass is 329 g/mol. The number of rotatable bonds is 3. The number of nitriles is 1. The lowest BCUT2D eigenvalue weighted by Gasteiger charge is -2.58. The number of fused-ring (bicyclic) bond motifs is 3. The number of hydrogen-bond donors (Lipinski definition) is 0. The summed E-state index contributed by atoms with van der Waals surface area (Å²) in [7, 11) is 0. The van der Waals surface area contributed by atoms with E-state index in [2.05, 4.69) is 19.6 Å². The van der Waals surface area contributed by atoms with Crippen molar-refractivity contribution in [1.29, 1.82) is 5.26 Å². The second-order valence-electron chi connectivity index (χ2n) is 8.56. The summed E-state index contributed by atoms with van der Waals surface area (Å²) in [5.41, 5.74) is 1.77. The summed E-state index contributed by atoms with van der Waals surface area (Å²) >= 11 is 0. The van der Waals surface area contributed by atoms with Crippen LogP contribution in [0.4, 0.5) is 0 Å². The van der Waals surface area contributed by atoms with Gasteiger partial charge in [-0.1, -0.05) is 19.1 Å². The van der Waals surface area contributed by atoms with Crippen LogP contribution in [-0.2, 0) is 9.53 Å². The van der Waals surface area contributed by atoms with Gasteiger partial charge < -0.3 is 4.74 Å². The van der Waals surface area contributed by atoms with Crippen LogP contribution in [0.15, 0.2) is 12.2 Å². The normalized spacial score (nSPS) is 41.7. The maximum absolute atomic E-state index is 11.3. The average Bonchev–Trinajstić information content (AvgIpc) is 2.53. The smallest absolute Gasteiger partial charge is 0.302 e. The lowest BCUT2D eigenvalue weighted by Crippen LogP contribution is -2.51. The topological polar surface area (TPSA) is 50.1 Å². The predicted octanol–water partition coefficient (Wildman–Crippen LogP) is 5.02. The number of allylic oxidation sites excluding steroid dienone is 1. The minimum atomic E-state index is -0.136. The molecule has 3 rings (SSSR count). The van der Waals surface area contributed by atoms with Gasteiger partial charge in [0.2, 0.25) is 0 Å². The van der Waals surface area contributed by atoms with E-state index >= 15 is 0 Å². The highest BCUT2D eigenvalue weighted by molar-refractivity contribution is 5.66. The molecule has 0 spiro atoms. The summed E-state index contributed by atoms with van der Waals surface area (Å²) < 4.78 is 5.52. The molecular weight excluding hydrogens is 298 g/mol. The van der Waals surface area contributed by atoms with Crippen molar-refractivity contribution in [1.82, 2.24) is 0 Å². The summed E-state index contributed by atoms with van der Waals surface area (Å²) in [4.78, 5) is 11.3. The summed E-state index contributed by atoms with van der Waals surface area (Å²) in [6.07, 6.45) is 9.90. The Kier molecular flexibility index (Phi) is 5.04. The molecule has 3 aliphatic rings. The van der Waals surface area contributed by atoms with Crippen LogP contribution in [0.5, 0.6) is 0 Å². The zero-order valence-electron chi connectivity index (χ0n) is 15.2. The summed E-state index contributed by atoms with van der Waals surface area (Å²) in [6, 6.07) is 2.33. The van der Waals surface area contributed by atoms with E-state index in [1.165, 1.54) is 38.2 Å². The number of carbonyl (C=O) groups is 1. The minimum Gasteiger partial charge on any atom is -0.463 e. The van der Waals surface area contributed by atoms with E-state index in [0.29, 0.717) is 29.6 Å². The van der Waals surface area contributed by atoms with E-state index in [0.717, 1.165) is 31.6 Å². The van der Waals surface area contributed by atoms with Crippen LogP contribution >= 0.6 is 0 Å². The second-order valence-corrected chi connectivity index (χ2v) is 8.56. The highest BCUT2D eigenvalue weighted by Crippen LogP contribution is 2.61. The van der Waals surface area contributed by atoms with Crippen molar-refractivity contribution >= 4 is 5.97 Å². The van der Waals surface area contributed by atoms with Gasteiger partial charge in [-0.2, -0.15) is 5.26 Å². The van der Waals surface area contributed by atoms with Crippen LogP contribution in [0.25, 0.3) is 0 Å². The first-order chi connectivity index (χ1) is 11.5. The minimum absolute atomic E-state index is 0.130. The Balaban J connectivity index is 1.75. The van der Waals surface area contributed by atoms with E-state index in [-0.39, 0.29) is 12.1 Å². The summed E-state index contributed by atoms with van der Waals surface area (Å²) in [6.45, 7) is 8.36. The first-order valence-corrected chi connectivity index (χ1v) is 9.67. The van der Waals surface area contributed by atoms with Crippen molar-refractivity contribution in [2.45, 2.75) is 77.7 Å². The van der Waals surface area contributed by atoms with E-state index in [4.69, 9.17) is 10.00 Å². The van der Waals surface area contributed by atoms with Crippen molar-refractivity contribution in [3.8, 4) is 6.07 Å². The van der Waals surface area contributed by atoms with Crippen molar-refractivity contribution in [2.24, 2.45) is 29.1 Å². The molecule has 0 radical (unpaired) electrons. The molecule has 3 saturated carbocycles. The zero-order valence-corrected chi connectivity index (χ0v) is 15.2. The number of esters is 1. The van der Waals surface area contributed by atoms with Gasteiger partial charge in [0.15, 0.2) is 0 Å². The zero-order chi connectivity index (χ0) is 17.3. The first kappa shape index (κ1) is 17.5. The van der Waals surface area contributed by atoms with Gasteiger partial charge >= 0.3 is 5.97 Å². The van der Waals surface area contributed by atoms with E-state index < -0.39 is 0 Å². The molecule has 0 heterocycles. The summed E-state index contributed by atoms with van der Waals surface area (Å²) in [5.74, 6) is 2.56. The molecule has 0 aromatic carbocycles. The largest absolute Gasteiger partial charge is 0.463 e. The first-order valence-electron chi connectivity index (χ1n) is 9.67. The molecule has 0 saturated heterocycles. The Labute approximate surface area is 146 Å². The molecule has 3 aliphatic carbocycles. The third-order valence-corrected chi connectivity index (χ3v) is 7.41. The van der Waals surface area contributed by atoms with Gasteiger partial charge in [-0.05, 0) is 80.5 Å². The van der Waals surface area contributed by atoms with E-state index in [1.807, 2.05) is 0 Å². The summed E-state index contributed by atoms with van der Waals surface area (Å²) in [5, 5.41) is 9.00. The van der Waals surface area contributed by atoms with Crippen LogP contribution in [0, 0.1) is 40.4 Å². The maximum atomic E-state index is 11.3. The van der Waals surface area contributed by atoms with Gasteiger partial charge in [0, 0.05) is 13.3 Å². The third-order valence-electron chi connectivity index (χ3n) is 7.41. The molecule has 0 aromatic heterocycles. The number of carbonyl (C=O) groups excluding carboxylic acids is 1. The molecule has 24 heavy (non-hydrogen) atoms. The average molecular weight is 329 g/mol. The van der Waals surface area contributed by atoms with Crippen LogP contribution in [0.3, 0.4) is 0 Å². The Hall–Kier alpha value is -1.30. The van der Waals surface area contributed by atoms with Crippen LogP contribution < -0.4 is 0 Å². The molecule has 3 heteroatoms. The van der Waals surface area contributed by atoms with E-state index in [9.17, 15) is 4.79 Å². The second kappa shape index (κ2) is 6.90. The lowest BCUT2D eigenvalue weighted by atomic mass is 9.47. The molecule has 3 nitrogen and oxygen atoms in total. The van der Waals surface area contributed by atoms with Crippen molar-refractivity contribution in [3.63, 3.8) is 0 Å². The molecule has 0 N–H and O–H groups in total. The number of hydrogen-bond acceptors (Lipinski definition) is 3. The van der Waals surface area contributed by atoms with Crippen LogP contribution in [0.1, 0.15) is 71.6 Å². The highest BCUT2D eigenvalue weighted by Gasteiger charge is 2.53. The fraction of sp³-hybridized carbons (Fsp3) is 0.810. The van der Waals surface area contributed by atoms with Gasteiger partial charge in [0.05, 0.1) is 6.07 Å². The van der Waals surface area contributed by atoms with Gasteiger partial charge in [0.25, 0.3) is 0 Å². The van der Waals surface area contributed by atoms with Crippen molar-refractivity contribution < 1.29 is 9.53 Å². The molecule has 0 aliphatic heterocycles. The van der Waals surface area contributed by atoms with Crippen molar-refractivity contribution in [3.05, 3.63) is 12.2 Å². The lowest BCUT2D eigenvalue weighted by molar-refractivity contribution is -0.155. The van der Waals surface area contributed by atoms with Gasteiger partial charge in [-0.15, -0.1) is 0 Å². The molecule has 0 amide bonds. The SMILES string of the molecule is C=C1CC[C@H]2[C@@H](CC[C@H]3C[C@H](OC(C)=O)CC[C@@]32C)[C@@H]1CCC#N. The fourth-order valence-electron chi connectivity index (χ4n) is 6.23. The van der Waals surface area contributed by atoms with Crippen LogP contribution in [0.2, 0.25) is 0 Å². The third kappa shape index (κ3) is 3.13. The Morgan fingerprint density at radius 2 is 2.17 bits per heavy atom. The molecule has 132 valence electrons. The number of nitrogens with zero attached hydrogens (tertiary/aromatic N) is 1. The maximum Gasteiger partial charge on any atom is 0.302 e. The fourth-order valence-corrected chi connectivity index (χ4v) is 6.23. The Morgan fingerprint density at radius 3 is 2.88 bits per heavy atom. The molecular formula is C21H31NO2. The highest BCUT2D eigenvalue weighted by atomic mass is 16.5. The molecule has 3 fully saturated rings. The predicted molar refractivity (Wildman–Crippen MR) is 93.9 cm³/mol. The van der Waals surface area contributed by atoms with Crippen LogP contribution in [-0.4, -0.2) is 12.1 Å².